The van der Waals surface area contributed by atoms with Gasteiger partial charge >= 0.3 is 12.1 Å². The van der Waals surface area contributed by atoms with Crippen molar-refractivity contribution in [2.45, 2.75) is 104 Å². The first-order valence-electron chi connectivity index (χ1n) is 13.9. The molecule has 0 spiro atoms. The zero-order valence-corrected chi connectivity index (χ0v) is 26.1. The van der Waals surface area contributed by atoms with Crippen LogP contribution in [0.2, 0.25) is 0 Å². The second-order valence-electron chi connectivity index (χ2n) is 9.86. The van der Waals surface area contributed by atoms with Crippen molar-refractivity contribution in [1.82, 2.24) is 19.2 Å². The highest BCUT2D eigenvalue weighted by Crippen LogP contribution is 2.56. The molecule has 2 saturated carbocycles. The monoisotopic (exact) mass is 582 g/mol. The van der Waals surface area contributed by atoms with Gasteiger partial charge in [-0.15, -0.1) is 0 Å². The molecule has 0 bridgehead atoms. The summed E-state index contributed by atoms with van der Waals surface area (Å²) in [6.45, 7) is 8.47. The maximum Gasteiger partial charge on any atom is 0.328 e. The molecular weight excluding hydrogens is 534 g/mol. The third kappa shape index (κ3) is 9.78. The molecule has 210 valence electrons. The summed E-state index contributed by atoms with van der Waals surface area (Å²) in [4.78, 5) is 30.4. The van der Waals surface area contributed by atoms with Crippen molar-refractivity contribution in [1.29, 1.82) is 0 Å². The van der Waals surface area contributed by atoms with Gasteiger partial charge in [0.25, 0.3) is 0 Å². The number of nitrogens with zero attached hydrogens (tertiary/aromatic N) is 2. The van der Waals surface area contributed by atoms with E-state index in [0.717, 1.165) is 74.5 Å². The topological polar surface area (TPSA) is 98.8 Å². The van der Waals surface area contributed by atoms with Crippen molar-refractivity contribution < 1.29 is 18.7 Å². The van der Waals surface area contributed by atoms with Gasteiger partial charge < -0.3 is 18.9 Å². The number of urea groups is 2. The van der Waals surface area contributed by atoms with E-state index >= 15 is 0 Å². The zero-order chi connectivity index (χ0) is 26.6. The molecule has 2 aliphatic carbocycles. The lowest BCUT2D eigenvalue weighted by Gasteiger charge is -2.39. The standard InChI is InChI=1S/C24H48N4O4P2S2/c1-5-33(31,6-2)35-25-23(29)27(21-15-11-9-12-16-21)19-20-28(22-17-13-10-14-18-22)24(30)26-36-34(32,7-3)8-4/h21-22H,5-20H2,1-4H3,(H,25,29)(H,26,30). The number of nitrogens with one attached hydrogen (secondary N) is 2. The molecule has 0 aliphatic heterocycles. The fourth-order valence-corrected chi connectivity index (χ4v) is 10.1. The third-order valence-corrected chi connectivity index (χ3v) is 18.4. The van der Waals surface area contributed by atoms with Gasteiger partial charge in [-0.2, -0.15) is 0 Å². The summed E-state index contributed by atoms with van der Waals surface area (Å²) in [5, 5.41) is 0. The molecule has 0 aromatic rings. The fourth-order valence-electron chi connectivity index (χ4n) is 4.97. The normalized spacial score (nSPS) is 18.0. The van der Waals surface area contributed by atoms with Gasteiger partial charge in [-0.3, -0.25) is 9.44 Å². The van der Waals surface area contributed by atoms with Crippen LogP contribution in [0.4, 0.5) is 9.59 Å². The molecule has 0 saturated heterocycles. The number of rotatable bonds is 13. The highest BCUT2D eigenvalue weighted by Gasteiger charge is 2.32. The van der Waals surface area contributed by atoms with Crippen molar-refractivity contribution in [3.05, 3.63) is 0 Å². The van der Waals surface area contributed by atoms with Crippen LogP contribution in [0.1, 0.15) is 91.9 Å². The van der Waals surface area contributed by atoms with Crippen LogP contribution >= 0.6 is 35.8 Å². The van der Waals surface area contributed by atoms with Crippen molar-refractivity contribution in [2.24, 2.45) is 0 Å². The summed E-state index contributed by atoms with van der Waals surface area (Å²) in [6.07, 6.45) is 7.82. The molecule has 0 heterocycles. The predicted molar refractivity (Wildman–Crippen MR) is 157 cm³/mol. The quantitative estimate of drug-likeness (QED) is 0.171. The van der Waals surface area contributed by atoms with E-state index in [4.69, 9.17) is 0 Å². The Kier molecular flexibility index (Phi) is 14.1. The Morgan fingerprint density at radius 1 is 0.639 bits per heavy atom. The summed E-state index contributed by atoms with van der Waals surface area (Å²) >= 11 is 2.19. The second kappa shape index (κ2) is 16.0. The van der Waals surface area contributed by atoms with Gasteiger partial charge in [-0.05, 0) is 25.7 Å². The van der Waals surface area contributed by atoms with Crippen molar-refractivity contribution >= 4 is 47.9 Å². The second-order valence-corrected chi connectivity index (χ2v) is 21.5. The molecule has 2 rings (SSSR count). The van der Waals surface area contributed by atoms with E-state index in [1.807, 2.05) is 37.5 Å². The molecule has 4 amide bonds. The Morgan fingerprint density at radius 2 is 0.944 bits per heavy atom. The third-order valence-electron chi connectivity index (χ3n) is 7.66. The van der Waals surface area contributed by atoms with Gasteiger partial charge in [-0.1, -0.05) is 66.2 Å². The molecule has 12 heteroatoms. The van der Waals surface area contributed by atoms with E-state index in [2.05, 4.69) is 9.44 Å². The van der Waals surface area contributed by atoms with Gasteiger partial charge in [0.15, 0.2) is 12.7 Å². The molecule has 0 atom stereocenters. The fraction of sp³-hybridized carbons (Fsp3) is 0.917. The Labute approximate surface area is 227 Å². The van der Waals surface area contributed by atoms with Gasteiger partial charge in [-0.25, -0.2) is 9.59 Å². The number of hydrogen-bond donors (Lipinski definition) is 2. The van der Waals surface area contributed by atoms with E-state index in [1.165, 1.54) is 12.8 Å². The Morgan fingerprint density at radius 3 is 1.22 bits per heavy atom. The van der Waals surface area contributed by atoms with Crippen LogP contribution in [-0.2, 0) is 9.13 Å². The Balaban J connectivity index is 2.13. The average Bonchev–Trinajstić information content (AvgIpc) is 2.93. The molecule has 2 aliphatic rings. The average molecular weight is 583 g/mol. The highest BCUT2D eigenvalue weighted by molar-refractivity contribution is 8.57. The smallest absolute Gasteiger partial charge is 0.319 e. The lowest BCUT2D eigenvalue weighted by molar-refractivity contribution is 0.127. The molecular formula is C24H48N4O4P2S2. The van der Waals surface area contributed by atoms with E-state index in [-0.39, 0.29) is 24.1 Å². The molecule has 36 heavy (non-hydrogen) atoms. The maximum atomic E-state index is 13.3. The zero-order valence-electron chi connectivity index (χ0n) is 22.7. The lowest BCUT2D eigenvalue weighted by Crippen LogP contribution is -2.52. The highest BCUT2D eigenvalue weighted by atomic mass is 32.7. The molecule has 0 radical (unpaired) electrons. The summed E-state index contributed by atoms with van der Waals surface area (Å²) in [7, 11) is 0. The van der Waals surface area contributed by atoms with E-state index in [9.17, 15) is 18.7 Å². The molecule has 0 aromatic carbocycles. The minimum absolute atomic E-state index is 0.132. The SMILES string of the molecule is CCP(=O)(CC)SNC(=O)N(CCN(C(=O)NSP(=O)(CC)CC)C1CCCCC1)C1CCCCC1. The first-order valence-corrected chi connectivity index (χ1v) is 20.9. The van der Waals surface area contributed by atoms with Gasteiger partial charge in [0.2, 0.25) is 0 Å². The van der Waals surface area contributed by atoms with Crippen LogP contribution in [0, 0.1) is 0 Å². The van der Waals surface area contributed by atoms with Crippen LogP contribution < -0.4 is 9.44 Å². The minimum atomic E-state index is -2.47. The number of amides is 4. The minimum Gasteiger partial charge on any atom is -0.319 e. The van der Waals surface area contributed by atoms with E-state index in [1.54, 1.807) is 0 Å². The van der Waals surface area contributed by atoms with Crippen molar-refractivity contribution in [2.75, 3.05) is 37.7 Å². The van der Waals surface area contributed by atoms with Gasteiger partial charge in [0, 0.05) is 73.0 Å². The number of carbonyl (C=O) groups is 2. The summed E-state index contributed by atoms with van der Waals surface area (Å²) < 4.78 is 31.5. The molecule has 0 aromatic heterocycles. The first kappa shape index (κ1) is 31.9. The maximum absolute atomic E-state index is 13.3. The van der Waals surface area contributed by atoms with Crippen LogP contribution in [0.3, 0.4) is 0 Å². The number of hydrogen-bond acceptors (Lipinski definition) is 6. The predicted octanol–water partition coefficient (Wildman–Crippen LogP) is 7.61. The van der Waals surface area contributed by atoms with E-state index < -0.39 is 12.7 Å². The van der Waals surface area contributed by atoms with Gasteiger partial charge in [0.1, 0.15) is 0 Å². The summed E-state index contributed by atoms with van der Waals surface area (Å²) in [5.41, 5.74) is 0. The Bertz CT molecular complexity index is 712. The van der Waals surface area contributed by atoms with Crippen LogP contribution in [0.25, 0.3) is 0 Å². The molecule has 2 fully saturated rings. The summed E-state index contributed by atoms with van der Waals surface area (Å²) in [6, 6.07) is -0.135. The van der Waals surface area contributed by atoms with Crippen LogP contribution in [-0.4, -0.2) is 71.7 Å². The van der Waals surface area contributed by atoms with Crippen LogP contribution in [0.5, 0.6) is 0 Å². The molecule has 8 nitrogen and oxygen atoms in total. The lowest BCUT2D eigenvalue weighted by atomic mass is 9.93. The summed E-state index contributed by atoms with van der Waals surface area (Å²) in [5.74, 6) is 0. The van der Waals surface area contributed by atoms with Crippen molar-refractivity contribution in [3.63, 3.8) is 0 Å². The Hall–Kier alpha value is -0.300. The first-order chi connectivity index (χ1) is 17.2. The van der Waals surface area contributed by atoms with E-state index in [0.29, 0.717) is 37.7 Å². The largest absolute Gasteiger partial charge is 0.328 e. The molecule has 2 N–H and O–H groups in total. The van der Waals surface area contributed by atoms with Crippen molar-refractivity contribution in [3.8, 4) is 0 Å². The van der Waals surface area contributed by atoms with Gasteiger partial charge in [0.05, 0.1) is 0 Å². The molecule has 0 unspecified atom stereocenters. The number of carbonyl (C=O) groups excluding carboxylic acids is 2. The van der Waals surface area contributed by atoms with Crippen LogP contribution in [0.15, 0.2) is 0 Å².